The average molecular weight is 510 g/mol. The lowest BCUT2D eigenvalue weighted by atomic mass is 10.1. The molecular weight excluding hydrogens is 490 g/mol. The third-order valence-corrected chi connectivity index (χ3v) is 7.55. The Kier molecular flexibility index (Phi) is 6.77. The fourth-order valence-corrected chi connectivity index (χ4v) is 5.69. The molecule has 4 aromatic rings. The molecule has 1 N–H and O–H groups in total. The number of thioether (sulfide) groups is 1. The lowest BCUT2D eigenvalue weighted by Crippen LogP contribution is -2.30. The Balaban J connectivity index is 1.54. The van der Waals surface area contributed by atoms with E-state index in [2.05, 4.69) is 11.4 Å². The number of hydrogen-bond acceptors (Lipinski definition) is 4. The van der Waals surface area contributed by atoms with Crippen molar-refractivity contribution in [2.45, 2.75) is 11.7 Å². The zero-order chi connectivity index (χ0) is 25.1. The Bertz CT molecular complexity index is 1540. The number of amides is 2. The van der Waals surface area contributed by atoms with E-state index in [0.717, 1.165) is 16.3 Å². The number of fused-ring (bicyclic) bond motifs is 1. The molecule has 1 heterocycles. The van der Waals surface area contributed by atoms with Crippen LogP contribution in [0, 0.1) is 11.3 Å². The van der Waals surface area contributed by atoms with Gasteiger partial charge >= 0.3 is 0 Å². The van der Waals surface area contributed by atoms with Crippen LogP contribution in [0.1, 0.15) is 5.56 Å². The molecule has 0 spiro atoms. The molecule has 0 radical (unpaired) electrons. The summed E-state index contributed by atoms with van der Waals surface area (Å²) in [5.74, 6) is -0.768. The van der Waals surface area contributed by atoms with Crippen LogP contribution in [0.4, 0.5) is 11.4 Å². The highest BCUT2D eigenvalue weighted by atomic mass is 35.5. The summed E-state index contributed by atoms with van der Waals surface area (Å²) in [6, 6.07) is 31.7. The summed E-state index contributed by atoms with van der Waals surface area (Å²) in [6.07, 6.45) is 0.375. The summed E-state index contributed by atoms with van der Waals surface area (Å²) in [6.45, 7) is 0. The average Bonchev–Trinajstić information content (AvgIpc) is 3.22. The number of nitrogens with one attached hydrogen (secondary N) is 1. The van der Waals surface area contributed by atoms with Gasteiger partial charge in [-0.2, -0.15) is 5.26 Å². The van der Waals surface area contributed by atoms with Gasteiger partial charge in [0.05, 0.1) is 5.25 Å². The number of nitrogens with zero attached hydrogens (tertiary/aromatic N) is 2. The van der Waals surface area contributed by atoms with Gasteiger partial charge in [-0.25, -0.2) is 0 Å². The molecule has 0 bridgehead atoms. The summed E-state index contributed by atoms with van der Waals surface area (Å²) in [4.78, 5) is 28.5. The molecule has 7 heteroatoms. The molecule has 2 amide bonds. The van der Waals surface area contributed by atoms with Crippen LogP contribution in [-0.2, 0) is 16.0 Å². The van der Waals surface area contributed by atoms with Crippen LogP contribution >= 0.6 is 23.4 Å². The summed E-state index contributed by atoms with van der Waals surface area (Å²) >= 11 is 7.57. The Morgan fingerprint density at radius 3 is 2.42 bits per heavy atom. The van der Waals surface area contributed by atoms with Gasteiger partial charge in [0.25, 0.3) is 5.91 Å². The smallest absolute Gasteiger partial charge is 0.269 e. The number of benzene rings is 4. The highest BCUT2D eigenvalue weighted by Crippen LogP contribution is 2.42. The first-order valence-electron chi connectivity index (χ1n) is 11.3. The highest BCUT2D eigenvalue weighted by Gasteiger charge is 2.41. The Hall–Kier alpha value is -4.05. The van der Waals surface area contributed by atoms with Gasteiger partial charge in [0.2, 0.25) is 5.91 Å². The van der Waals surface area contributed by atoms with Crippen molar-refractivity contribution in [1.82, 2.24) is 0 Å². The largest absolute Gasteiger partial charge is 0.321 e. The second-order valence-corrected chi connectivity index (χ2v) is 9.78. The van der Waals surface area contributed by atoms with Crippen molar-refractivity contribution in [2.24, 2.45) is 0 Å². The van der Waals surface area contributed by atoms with E-state index in [1.54, 1.807) is 24.3 Å². The number of carbonyl (C=O) groups excluding carboxylic acids is 2. The fraction of sp³-hybridized carbons (Fsp3) is 0.0690. The van der Waals surface area contributed by atoms with E-state index in [-0.39, 0.29) is 11.5 Å². The standard InChI is InChI=1S/C29H20ClN3O2S/c30-24-15-7-5-10-20(24)17-26-28(35)33(21-12-2-1-3-13-21)29(36-26)23(18-31)27(34)32-25-16-8-11-19-9-4-6-14-22(19)25/h1-16,26H,17H2,(H,32,34)/b29-23-/t26-/m0/s1. The van der Waals surface area contributed by atoms with Gasteiger partial charge in [0, 0.05) is 21.8 Å². The van der Waals surface area contributed by atoms with Crippen molar-refractivity contribution in [1.29, 1.82) is 5.26 Å². The van der Waals surface area contributed by atoms with Gasteiger partial charge in [-0.3, -0.25) is 14.5 Å². The van der Waals surface area contributed by atoms with Gasteiger partial charge in [-0.15, -0.1) is 0 Å². The van der Waals surface area contributed by atoms with Crippen LogP contribution in [0.2, 0.25) is 5.02 Å². The zero-order valence-corrected chi connectivity index (χ0v) is 20.6. The fourth-order valence-electron chi connectivity index (χ4n) is 4.18. The third kappa shape index (κ3) is 4.59. The van der Waals surface area contributed by atoms with Crippen LogP contribution < -0.4 is 10.2 Å². The van der Waals surface area contributed by atoms with Gasteiger partial charge < -0.3 is 5.32 Å². The molecular formula is C29H20ClN3O2S. The maximum Gasteiger partial charge on any atom is 0.269 e. The molecule has 176 valence electrons. The quantitative estimate of drug-likeness (QED) is 0.244. The lowest BCUT2D eigenvalue weighted by molar-refractivity contribution is -0.117. The van der Waals surface area contributed by atoms with Crippen LogP contribution in [0.5, 0.6) is 0 Å². The highest BCUT2D eigenvalue weighted by molar-refractivity contribution is 8.05. The van der Waals surface area contributed by atoms with E-state index in [9.17, 15) is 14.9 Å². The minimum Gasteiger partial charge on any atom is -0.321 e. The van der Waals surface area contributed by atoms with Crippen LogP contribution in [-0.4, -0.2) is 17.1 Å². The van der Waals surface area contributed by atoms with Crippen molar-refractivity contribution in [2.75, 3.05) is 10.2 Å². The second-order valence-electron chi connectivity index (χ2n) is 8.18. The van der Waals surface area contributed by atoms with Crippen LogP contribution in [0.3, 0.4) is 0 Å². The number of para-hydroxylation sites is 1. The molecule has 1 saturated heterocycles. The Morgan fingerprint density at radius 2 is 1.64 bits per heavy atom. The SMILES string of the molecule is N#C/C(C(=O)Nc1cccc2ccccc12)=C1/S[C@@H](Cc2ccccc2Cl)C(=O)N1c1ccccc1. The maximum absolute atomic E-state index is 13.6. The minimum atomic E-state index is -0.566. The van der Waals surface area contributed by atoms with Crippen LogP contribution in [0.25, 0.3) is 10.8 Å². The number of anilines is 2. The van der Waals surface area contributed by atoms with Crippen molar-refractivity contribution in [3.63, 3.8) is 0 Å². The first kappa shape index (κ1) is 23.7. The molecule has 0 aliphatic carbocycles. The Morgan fingerprint density at radius 1 is 0.944 bits per heavy atom. The first-order valence-corrected chi connectivity index (χ1v) is 12.5. The third-order valence-electron chi connectivity index (χ3n) is 5.92. The predicted octanol–water partition coefficient (Wildman–Crippen LogP) is 6.56. The summed E-state index contributed by atoms with van der Waals surface area (Å²) in [5, 5.41) is 15.1. The maximum atomic E-state index is 13.6. The van der Waals surface area contributed by atoms with E-state index in [1.165, 1.54) is 16.7 Å². The van der Waals surface area contributed by atoms with Gasteiger partial charge in [0.1, 0.15) is 16.7 Å². The topological polar surface area (TPSA) is 73.2 Å². The second kappa shape index (κ2) is 10.3. The van der Waals surface area contributed by atoms with E-state index < -0.39 is 11.2 Å². The van der Waals surface area contributed by atoms with Crippen molar-refractivity contribution in [3.05, 3.63) is 118 Å². The molecule has 4 aromatic carbocycles. The summed E-state index contributed by atoms with van der Waals surface area (Å²) in [5.41, 5.74) is 1.90. The van der Waals surface area contributed by atoms with E-state index >= 15 is 0 Å². The molecule has 1 aliphatic rings. The monoisotopic (exact) mass is 509 g/mol. The molecule has 0 unspecified atom stereocenters. The molecule has 5 nitrogen and oxygen atoms in total. The zero-order valence-electron chi connectivity index (χ0n) is 19.0. The van der Waals surface area contributed by atoms with Gasteiger partial charge in [-0.05, 0) is 41.6 Å². The molecule has 36 heavy (non-hydrogen) atoms. The molecule has 0 saturated carbocycles. The van der Waals surface area contributed by atoms with Gasteiger partial charge in [0.15, 0.2) is 0 Å². The van der Waals surface area contributed by atoms with Crippen molar-refractivity contribution < 1.29 is 9.59 Å². The number of halogens is 1. The van der Waals surface area contributed by atoms with E-state index in [1.807, 2.05) is 72.8 Å². The summed E-state index contributed by atoms with van der Waals surface area (Å²) < 4.78 is 0. The number of nitriles is 1. The van der Waals surface area contributed by atoms with E-state index in [0.29, 0.717) is 27.8 Å². The molecule has 1 fully saturated rings. The molecule has 5 rings (SSSR count). The number of hydrogen-bond donors (Lipinski definition) is 1. The Labute approximate surface area is 218 Å². The van der Waals surface area contributed by atoms with Crippen molar-refractivity contribution >= 4 is 57.3 Å². The van der Waals surface area contributed by atoms with Crippen LogP contribution in [0.15, 0.2) is 108 Å². The van der Waals surface area contributed by atoms with Crippen molar-refractivity contribution in [3.8, 4) is 6.07 Å². The molecule has 1 atom stereocenters. The van der Waals surface area contributed by atoms with E-state index in [4.69, 9.17) is 11.6 Å². The van der Waals surface area contributed by atoms with Gasteiger partial charge in [-0.1, -0.05) is 96.2 Å². The summed E-state index contributed by atoms with van der Waals surface area (Å²) in [7, 11) is 0. The first-order chi connectivity index (χ1) is 17.6. The predicted molar refractivity (Wildman–Crippen MR) is 146 cm³/mol. The molecule has 0 aromatic heterocycles. The minimum absolute atomic E-state index is 0.119. The molecule has 1 aliphatic heterocycles. The normalized spacial score (nSPS) is 16.6. The number of rotatable bonds is 5. The number of carbonyl (C=O) groups is 2. The lowest BCUT2D eigenvalue weighted by Gasteiger charge is -2.18.